The summed E-state index contributed by atoms with van der Waals surface area (Å²) < 4.78 is 11.2. The highest BCUT2D eigenvalue weighted by Crippen LogP contribution is 2.50. The lowest BCUT2D eigenvalue weighted by Crippen LogP contribution is -2.52. The summed E-state index contributed by atoms with van der Waals surface area (Å²) in [6.45, 7) is 8.45. The zero-order valence-electron chi connectivity index (χ0n) is 15.0. The Kier molecular flexibility index (Phi) is 5.11. The number of hydrogen-bond donors (Lipinski definition) is 0. The van der Waals surface area contributed by atoms with Gasteiger partial charge in [0, 0.05) is 55.5 Å². The summed E-state index contributed by atoms with van der Waals surface area (Å²) in [5.41, 5.74) is 3.42. The predicted octanol–water partition coefficient (Wildman–Crippen LogP) is 1.86. The summed E-state index contributed by atoms with van der Waals surface area (Å²) in [6.07, 6.45) is 3.70. The minimum Gasteiger partial charge on any atom is -0.339 e. The van der Waals surface area contributed by atoms with Gasteiger partial charge in [0.15, 0.2) is 0 Å². The van der Waals surface area contributed by atoms with Crippen molar-refractivity contribution in [3.05, 3.63) is 34.9 Å². The topological polar surface area (TPSA) is 40.6 Å². The van der Waals surface area contributed by atoms with E-state index in [1.54, 1.807) is 6.26 Å². The van der Waals surface area contributed by atoms with E-state index in [0.29, 0.717) is 5.91 Å². The van der Waals surface area contributed by atoms with Crippen molar-refractivity contribution in [2.45, 2.75) is 32.1 Å². The third kappa shape index (κ3) is 3.72. The SMILES string of the molecule is Cc1cc(C)cc(C2(C(=O)N3CCN(CC[S@](C)=O)CC3)CC2)c1. The number of hydrogen-bond acceptors (Lipinski definition) is 3. The molecule has 1 atom stereocenters. The fraction of sp³-hybridized carbons (Fsp3) is 0.632. The Morgan fingerprint density at radius 2 is 1.67 bits per heavy atom. The normalized spacial score (nSPS) is 21.5. The molecular formula is C19H28N2O2S. The van der Waals surface area contributed by atoms with Crippen molar-refractivity contribution in [1.82, 2.24) is 9.80 Å². The minimum absolute atomic E-state index is 0.260. The van der Waals surface area contributed by atoms with Crippen molar-refractivity contribution in [1.29, 1.82) is 0 Å². The number of rotatable bonds is 5. The van der Waals surface area contributed by atoms with E-state index >= 15 is 0 Å². The van der Waals surface area contributed by atoms with E-state index in [0.717, 1.165) is 51.3 Å². The second kappa shape index (κ2) is 6.96. The molecule has 0 spiro atoms. The van der Waals surface area contributed by atoms with Crippen LogP contribution in [0.1, 0.15) is 29.5 Å². The van der Waals surface area contributed by atoms with Gasteiger partial charge < -0.3 is 4.90 Å². The van der Waals surface area contributed by atoms with E-state index in [-0.39, 0.29) is 5.41 Å². The van der Waals surface area contributed by atoms with Gasteiger partial charge in [-0.2, -0.15) is 0 Å². The van der Waals surface area contributed by atoms with Crippen LogP contribution in [0.5, 0.6) is 0 Å². The Balaban J connectivity index is 1.64. The van der Waals surface area contributed by atoms with E-state index in [2.05, 4.69) is 36.9 Å². The van der Waals surface area contributed by atoms with Crippen molar-refractivity contribution in [3.63, 3.8) is 0 Å². The van der Waals surface area contributed by atoms with Crippen molar-refractivity contribution in [2.24, 2.45) is 0 Å². The molecule has 1 aromatic rings. The summed E-state index contributed by atoms with van der Waals surface area (Å²) >= 11 is 0. The smallest absolute Gasteiger partial charge is 0.233 e. The molecule has 1 amide bonds. The number of piperazine rings is 1. The van der Waals surface area contributed by atoms with Gasteiger partial charge in [-0.15, -0.1) is 0 Å². The largest absolute Gasteiger partial charge is 0.339 e. The fourth-order valence-corrected chi connectivity index (χ4v) is 4.25. The minimum atomic E-state index is -0.741. The molecule has 0 unspecified atom stereocenters. The molecule has 1 saturated heterocycles. The highest BCUT2D eigenvalue weighted by atomic mass is 32.2. The number of carbonyl (C=O) groups excluding carboxylic acids is 1. The van der Waals surface area contributed by atoms with Crippen LogP contribution >= 0.6 is 0 Å². The first kappa shape index (κ1) is 17.6. The van der Waals surface area contributed by atoms with Crippen LogP contribution in [0.15, 0.2) is 18.2 Å². The third-order valence-electron chi connectivity index (χ3n) is 5.29. The zero-order chi connectivity index (χ0) is 17.3. The van der Waals surface area contributed by atoms with E-state index in [9.17, 15) is 9.00 Å². The molecule has 1 aliphatic carbocycles. The molecule has 5 heteroatoms. The number of carbonyl (C=O) groups is 1. The lowest BCUT2D eigenvalue weighted by Gasteiger charge is -2.36. The maximum Gasteiger partial charge on any atom is 0.233 e. The molecule has 1 saturated carbocycles. The average Bonchev–Trinajstić information content (AvgIpc) is 3.33. The van der Waals surface area contributed by atoms with E-state index < -0.39 is 10.8 Å². The van der Waals surface area contributed by atoms with Crippen molar-refractivity contribution >= 4 is 16.7 Å². The monoisotopic (exact) mass is 348 g/mol. The van der Waals surface area contributed by atoms with Gasteiger partial charge in [0.05, 0.1) is 5.41 Å². The molecule has 0 bridgehead atoms. The molecule has 132 valence electrons. The van der Waals surface area contributed by atoms with Gasteiger partial charge in [-0.05, 0) is 32.3 Å². The summed E-state index contributed by atoms with van der Waals surface area (Å²) in [7, 11) is -0.741. The van der Waals surface area contributed by atoms with Crippen LogP contribution in [0, 0.1) is 13.8 Å². The highest BCUT2D eigenvalue weighted by Gasteiger charge is 2.53. The maximum absolute atomic E-state index is 13.1. The molecule has 4 nitrogen and oxygen atoms in total. The Morgan fingerprint density at radius 3 is 2.17 bits per heavy atom. The third-order valence-corrected chi connectivity index (χ3v) is 6.05. The lowest BCUT2D eigenvalue weighted by atomic mass is 9.91. The first-order chi connectivity index (χ1) is 11.4. The van der Waals surface area contributed by atoms with Gasteiger partial charge in [0.25, 0.3) is 0 Å². The molecule has 1 heterocycles. The molecular weight excluding hydrogens is 320 g/mol. The van der Waals surface area contributed by atoms with Gasteiger partial charge in [-0.25, -0.2) is 0 Å². The summed E-state index contributed by atoms with van der Waals surface area (Å²) in [5, 5.41) is 0. The Labute approximate surface area is 147 Å². The second-order valence-electron chi connectivity index (χ2n) is 7.37. The van der Waals surface area contributed by atoms with Crippen LogP contribution in [0.25, 0.3) is 0 Å². The van der Waals surface area contributed by atoms with Gasteiger partial charge in [-0.1, -0.05) is 29.3 Å². The van der Waals surface area contributed by atoms with E-state index in [1.807, 2.05) is 4.90 Å². The molecule has 0 aromatic heterocycles. The second-order valence-corrected chi connectivity index (χ2v) is 8.92. The molecule has 1 aromatic carbocycles. The summed E-state index contributed by atoms with van der Waals surface area (Å²) in [5.74, 6) is 1.03. The van der Waals surface area contributed by atoms with Crippen LogP contribution in [0.4, 0.5) is 0 Å². The lowest BCUT2D eigenvalue weighted by molar-refractivity contribution is -0.135. The van der Waals surface area contributed by atoms with Crippen LogP contribution in [-0.4, -0.2) is 64.6 Å². The van der Waals surface area contributed by atoms with Crippen molar-refractivity contribution in [3.8, 4) is 0 Å². The highest BCUT2D eigenvalue weighted by molar-refractivity contribution is 7.84. The van der Waals surface area contributed by atoms with Gasteiger partial charge in [-0.3, -0.25) is 13.9 Å². The molecule has 24 heavy (non-hydrogen) atoms. The molecule has 0 N–H and O–H groups in total. The first-order valence-corrected chi connectivity index (χ1v) is 10.5. The van der Waals surface area contributed by atoms with Crippen LogP contribution in [0.3, 0.4) is 0 Å². The number of benzene rings is 1. The summed E-state index contributed by atoms with van der Waals surface area (Å²) in [6, 6.07) is 6.54. The van der Waals surface area contributed by atoms with Gasteiger partial charge in [0.2, 0.25) is 5.91 Å². The standard InChI is InChI=1S/C19H28N2O2S/c1-15-12-16(2)14-17(13-15)19(4-5-19)18(22)21-8-6-20(7-9-21)10-11-24(3)23/h12-14H,4-11H2,1-3H3/t24-/m0/s1. The fourth-order valence-electron chi connectivity index (χ4n) is 3.74. The Hall–Kier alpha value is -1.20. The van der Waals surface area contributed by atoms with E-state index in [1.165, 1.54) is 16.7 Å². The first-order valence-electron chi connectivity index (χ1n) is 8.81. The zero-order valence-corrected chi connectivity index (χ0v) is 15.8. The molecule has 2 aliphatic rings. The van der Waals surface area contributed by atoms with Crippen LogP contribution in [0.2, 0.25) is 0 Å². The van der Waals surface area contributed by atoms with Gasteiger partial charge in [0.1, 0.15) is 0 Å². The number of nitrogens with zero attached hydrogens (tertiary/aromatic N) is 2. The van der Waals surface area contributed by atoms with Gasteiger partial charge >= 0.3 is 0 Å². The van der Waals surface area contributed by atoms with Crippen LogP contribution < -0.4 is 0 Å². The van der Waals surface area contributed by atoms with Crippen molar-refractivity contribution < 1.29 is 9.00 Å². The number of amides is 1. The average molecular weight is 349 g/mol. The quantitative estimate of drug-likeness (QED) is 0.815. The number of aryl methyl sites for hydroxylation is 2. The molecule has 3 rings (SSSR count). The van der Waals surface area contributed by atoms with Crippen molar-refractivity contribution in [2.75, 3.05) is 44.7 Å². The van der Waals surface area contributed by atoms with Crippen LogP contribution in [-0.2, 0) is 21.0 Å². The van der Waals surface area contributed by atoms with E-state index in [4.69, 9.17) is 0 Å². The Bertz CT molecular complexity index is 627. The maximum atomic E-state index is 13.1. The Morgan fingerprint density at radius 1 is 1.08 bits per heavy atom. The molecule has 1 aliphatic heterocycles. The molecule has 2 fully saturated rings. The predicted molar refractivity (Wildman–Crippen MR) is 98.8 cm³/mol. The summed E-state index contributed by atoms with van der Waals surface area (Å²) in [4.78, 5) is 17.5. The molecule has 0 radical (unpaired) electrons.